The highest BCUT2D eigenvalue weighted by molar-refractivity contribution is 5.76. The Morgan fingerprint density at radius 3 is 0.952 bits per heavy atom. The molecule has 372 valence electrons. The first-order chi connectivity index (χ1) is 31.2. The molecule has 0 rings (SSSR count). The number of aliphatic hydroxyl groups excluding tert-OH is 2. The Hall–Kier alpha value is -1.39. The fourth-order valence-electron chi connectivity index (χ4n) is 8.98. The summed E-state index contributed by atoms with van der Waals surface area (Å²) in [6.07, 6.45) is 74.5. The minimum Gasteiger partial charge on any atom is -0.394 e. The molecule has 2 unspecified atom stereocenters. The van der Waals surface area contributed by atoms with Crippen molar-refractivity contribution in [2.45, 2.75) is 328 Å². The summed E-state index contributed by atoms with van der Waals surface area (Å²) in [7, 11) is 0. The van der Waals surface area contributed by atoms with E-state index in [9.17, 15) is 15.0 Å². The predicted octanol–water partition coefficient (Wildman–Crippen LogP) is 18.9. The van der Waals surface area contributed by atoms with Gasteiger partial charge >= 0.3 is 0 Å². The van der Waals surface area contributed by atoms with E-state index < -0.39 is 12.1 Å². The van der Waals surface area contributed by atoms with Crippen LogP contribution in [0.2, 0.25) is 0 Å². The molecule has 0 aromatic heterocycles. The Kier molecular flexibility index (Phi) is 53.7. The lowest BCUT2D eigenvalue weighted by atomic mass is 10.0. The van der Waals surface area contributed by atoms with E-state index in [4.69, 9.17) is 0 Å². The number of aliphatic hydroxyl groups is 2. The van der Waals surface area contributed by atoms with Gasteiger partial charge < -0.3 is 15.5 Å². The summed E-state index contributed by atoms with van der Waals surface area (Å²) >= 11 is 0. The van der Waals surface area contributed by atoms with E-state index >= 15 is 0 Å². The Balaban J connectivity index is 3.48. The molecular formula is C59H113NO3. The van der Waals surface area contributed by atoms with Crippen molar-refractivity contribution in [3.63, 3.8) is 0 Å². The summed E-state index contributed by atoms with van der Waals surface area (Å²) in [5, 5.41) is 23.2. The predicted molar refractivity (Wildman–Crippen MR) is 281 cm³/mol. The maximum atomic E-state index is 12.5. The van der Waals surface area contributed by atoms with Gasteiger partial charge in [-0.1, -0.05) is 294 Å². The average Bonchev–Trinajstić information content (AvgIpc) is 3.29. The van der Waals surface area contributed by atoms with E-state index in [1.165, 1.54) is 263 Å². The quantitative estimate of drug-likeness (QED) is 0.0421. The Morgan fingerprint density at radius 1 is 0.381 bits per heavy atom. The molecular weight excluding hydrogens is 771 g/mol. The number of unbranched alkanes of at least 4 members (excludes halogenated alkanes) is 42. The molecule has 0 spiro atoms. The van der Waals surface area contributed by atoms with Gasteiger partial charge in [0.05, 0.1) is 18.8 Å². The van der Waals surface area contributed by atoms with Crippen molar-refractivity contribution >= 4 is 5.91 Å². The van der Waals surface area contributed by atoms with E-state index in [1.807, 2.05) is 6.08 Å². The highest BCUT2D eigenvalue weighted by Crippen LogP contribution is 2.17. The first kappa shape index (κ1) is 61.6. The van der Waals surface area contributed by atoms with Gasteiger partial charge in [0.2, 0.25) is 5.91 Å². The fourth-order valence-corrected chi connectivity index (χ4v) is 8.98. The van der Waals surface area contributed by atoms with Gasteiger partial charge in [0, 0.05) is 6.42 Å². The van der Waals surface area contributed by atoms with E-state index in [-0.39, 0.29) is 12.5 Å². The zero-order valence-corrected chi connectivity index (χ0v) is 42.9. The van der Waals surface area contributed by atoms with Crippen LogP contribution in [-0.2, 0) is 4.79 Å². The van der Waals surface area contributed by atoms with Gasteiger partial charge in [-0.2, -0.15) is 0 Å². The van der Waals surface area contributed by atoms with Crippen LogP contribution in [0.5, 0.6) is 0 Å². The Morgan fingerprint density at radius 2 is 0.651 bits per heavy atom. The summed E-state index contributed by atoms with van der Waals surface area (Å²) < 4.78 is 0. The molecule has 0 aromatic rings. The average molecular weight is 885 g/mol. The van der Waals surface area contributed by atoms with Crippen molar-refractivity contribution < 1.29 is 15.0 Å². The van der Waals surface area contributed by atoms with Gasteiger partial charge in [0.25, 0.3) is 0 Å². The van der Waals surface area contributed by atoms with Gasteiger partial charge in [-0.3, -0.25) is 4.79 Å². The van der Waals surface area contributed by atoms with Crippen LogP contribution in [0.25, 0.3) is 0 Å². The van der Waals surface area contributed by atoms with Crippen molar-refractivity contribution in [3.05, 3.63) is 36.5 Å². The van der Waals surface area contributed by atoms with Crippen LogP contribution in [0, 0.1) is 0 Å². The molecule has 0 aliphatic heterocycles. The third kappa shape index (κ3) is 51.5. The number of amides is 1. The zero-order chi connectivity index (χ0) is 45.6. The summed E-state index contributed by atoms with van der Waals surface area (Å²) in [5.41, 5.74) is 0. The molecule has 2 atom stereocenters. The number of nitrogens with one attached hydrogen (secondary N) is 1. The minimum atomic E-state index is -0.841. The molecule has 63 heavy (non-hydrogen) atoms. The van der Waals surface area contributed by atoms with Crippen LogP contribution in [0.4, 0.5) is 0 Å². The van der Waals surface area contributed by atoms with Crippen LogP contribution in [-0.4, -0.2) is 34.9 Å². The first-order valence-electron chi connectivity index (χ1n) is 28.7. The minimum absolute atomic E-state index is 0.0623. The highest BCUT2D eigenvalue weighted by Gasteiger charge is 2.18. The lowest BCUT2D eigenvalue weighted by Crippen LogP contribution is -2.45. The molecule has 1 amide bonds. The summed E-state index contributed by atoms with van der Waals surface area (Å²) in [6, 6.07) is -0.624. The van der Waals surface area contributed by atoms with Crippen molar-refractivity contribution in [1.82, 2.24) is 5.32 Å². The monoisotopic (exact) mass is 884 g/mol. The number of rotatable bonds is 53. The van der Waals surface area contributed by atoms with E-state index in [0.29, 0.717) is 6.42 Å². The summed E-state index contributed by atoms with van der Waals surface area (Å²) in [5.74, 6) is -0.0623. The second-order valence-electron chi connectivity index (χ2n) is 19.7. The molecule has 0 fully saturated rings. The number of carbonyl (C=O) groups is 1. The molecule has 4 heteroatoms. The van der Waals surface area contributed by atoms with Crippen molar-refractivity contribution in [1.29, 1.82) is 0 Å². The molecule has 3 N–H and O–H groups in total. The number of hydrogen-bond donors (Lipinski definition) is 3. The molecule has 0 aliphatic rings. The van der Waals surface area contributed by atoms with Crippen molar-refractivity contribution in [2.75, 3.05) is 6.61 Å². The molecule has 0 aliphatic carbocycles. The van der Waals surface area contributed by atoms with Crippen LogP contribution in [0.1, 0.15) is 316 Å². The second kappa shape index (κ2) is 54.9. The number of carbonyl (C=O) groups excluding carboxylic acids is 1. The number of hydrogen-bond acceptors (Lipinski definition) is 3. The smallest absolute Gasteiger partial charge is 0.220 e. The van der Waals surface area contributed by atoms with Gasteiger partial charge in [-0.05, 0) is 51.4 Å². The third-order valence-electron chi connectivity index (χ3n) is 13.4. The summed E-state index contributed by atoms with van der Waals surface area (Å²) in [6.45, 7) is 4.33. The van der Waals surface area contributed by atoms with Crippen LogP contribution in [0.15, 0.2) is 36.5 Å². The fraction of sp³-hybridized carbons (Fsp3) is 0.881. The van der Waals surface area contributed by atoms with E-state index in [2.05, 4.69) is 43.5 Å². The molecule has 0 saturated heterocycles. The van der Waals surface area contributed by atoms with Gasteiger partial charge in [0.15, 0.2) is 0 Å². The molecule has 0 heterocycles. The van der Waals surface area contributed by atoms with Gasteiger partial charge in [-0.15, -0.1) is 0 Å². The standard InChI is InChI=1S/C59H113NO3/c1-3-5-7-9-11-13-15-17-19-21-23-25-27-28-29-30-31-33-34-36-38-40-42-44-46-48-50-52-54-58(62)57(56-61)60-59(63)55-53-51-49-47-45-43-41-39-37-35-32-26-24-22-20-18-16-14-12-10-8-6-4-2/h16,18,22,24,52,54,57-58,61-62H,3-15,17,19-21,23,25-51,53,55-56H2,1-2H3,(H,60,63)/b18-16-,24-22-,54-52+. The topological polar surface area (TPSA) is 69.6 Å². The maximum Gasteiger partial charge on any atom is 0.220 e. The normalized spacial score (nSPS) is 13.0. The van der Waals surface area contributed by atoms with Gasteiger partial charge in [0.1, 0.15) is 0 Å². The molecule has 0 saturated carbocycles. The van der Waals surface area contributed by atoms with E-state index in [0.717, 1.165) is 32.1 Å². The molecule has 0 bridgehead atoms. The maximum absolute atomic E-state index is 12.5. The molecule has 0 radical (unpaired) electrons. The highest BCUT2D eigenvalue weighted by atomic mass is 16.3. The van der Waals surface area contributed by atoms with Crippen molar-refractivity contribution in [2.24, 2.45) is 0 Å². The van der Waals surface area contributed by atoms with Gasteiger partial charge in [-0.25, -0.2) is 0 Å². The lowest BCUT2D eigenvalue weighted by molar-refractivity contribution is -0.123. The number of allylic oxidation sites excluding steroid dienone is 5. The van der Waals surface area contributed by atoms with Crippen LogP contribution >= 0.6 is 0 Å². The van der Waals surface area contributed by atoms with Crippen LogP contribution < -0.4 is 5.32 Å². The van der Waals surface area contributed by atoms with Crippen molar-refractivity contribution in [3.8, 4) is 0 Å². The van der Waals surface area contributed by atoms with E-state index in [1.54, 1.807) is 6.08 Å². The Bertz CT molecular complexity index is 958. The molecule has 4 nitrogen and oxygen atoms in total. The first-order valence-corrected chi connectivity index (χ1v) is 28.7. The SMILES string of the molecule is CCCCCCC/C=C\C/C=C\CCCCCCCCCCCCCC(=O)NC(CO)C(O)/C=C/CCCCCCCCCCCCCCCCCCCCCCCCCCCC. The third-order valence-corrected chi connectivity index (χ3v) is 13.4. The Labute approximate surface area is 395 Å². The summed E-state index contributed by atoms with van der Waals surface area (Å²) in [4.78, 5) is 12.5. The van der Waals surface area contributed by atoms with Crippen LogP contribution in [0.3, 0.4) is 0 Å². The second-order valence-corrected chi connectivity index (χ2v) is 19.7. The lowest BCUT2D eigenvalue weighted by Gasteiger charge is -2.20. The zero-order valence-electron chi connectivity index (χ0n) is 42.9. The largest absolute Gasteiger partial charge is 0.394 e. The molecule has 0 aromatic carbocycles.